The SMILES string of the molecule is C[C@H]1NC(=O)[C@@H](Cc2ccccc2)NC(=O)CCOC(=O)[C@@H](Cc2ccccc2)NC1=O. The molecule has 0 aliphatic carbocycles. The molecule has 3 rings (SSSR count). The summed E-state index contributed by atoms with van der Waals surface area (Å²) in [5, 5.41) is 7.99. The fourth-order valence-electron chi connectivity index (χ4n) is 3.39. The highest BCUT2D eigenvalue weighted by Gasteiger charge is 2.29. The summed E-state index contributed by atoms with van der Waals surface area (Å²) >= 11 is 0. The third-order valence-electron chi connectivity index (χ3n) is 5.14. The van der Waals surface area contributed by atoms with Gasteiger partial charge in [0.05, 0.1) is 6.42 Å². The molecular weight excluding hydrogens is 410 g/mol. The summed E-state index contributed by atoms with van der Waals surface area (Å²) in [5.74, 6) is -2.04. The Morgan fingerprint density at radius 2 is 1.31 bits per heavy atom. The van der Waals surface area contributed by atoms with E-state index in [2.05, 4.69) is 16.0 Å². The predicted molar refractivity (Wildman–Crippen MR) is 117 cm³/mol. The molecule has 0 unspecified atom stereocenters. The number of benzene rings is 2. The van der Waals surface area contributed by atoms with Gasteiger partial charge in [-0.05, 0) is 18.1 Å². The van der Waals surface area contributed by atoms with Crippen molar-refractivity contribution in [1.82, 2.24) is 16.0 Å². The monoisotopic (exact) mass is 437 g/mol. The Kier molecular flexibility index (Phi) is 7.96. The van der Waals surface area contributed by atoms with Gasteiger partial charge in [-0.3, -0.25) is 14.4 Å². The van der Waals surface area contributed by atoms with Crippen LogP contribution >= 0.6 is 0 Å². The first-order chi connectivity index (χ1) is 15.4. The van der Waals surface area contributed by atoms with E-state index in [1.807, 2.05) is 60.7 Å². The lowest BCUT2D eigenvalue weighted by Gasteiger charge is -2.22. The molecule has 168 valence electrons. The Morgan fingerprint density at radius 3 is 1.91 bits per heavy atom. The summed E-state index contributed by atoms with van der Waals surface area (Å²) < 4.78 is 5.25. The number of hydrogen-bond acceptors (Lipinski definition) is 5. The Balaban J connectivity index is 1.76. The van der Waals surface area contributed by atoms with Gasteiger partial charge in [-0.1, -0.05) is 60.7 Å². The van der Waals surface area contributed by atoms with Crippen molar-refractivity contribution in [2.45, 2.75) is 44.3 Å². The summed E-state index contributed by atoms with van der Waals surface area (Å²) in [7, 11) is 0. The van der Waals surface area contributed by atoms with Crippen molar-refractivity contribution >= 4 is 23.7 Å². The van der Waals surface area contributed by atoms with E-state index in [4.69, 9.17) is 4.74 Å². The maximum Gasteiger partial charge on any atom is 0.328 e. The maximum atomic E-state index is 12.9. The van der Waals surface area contributed by atoms with Crippen molar-refractivity contribution in [2.75, 3.05) is 6.61 Å². The van der Waals surface area contributed by atoms with E-state index in [1.165, 1.54) is 6.92 Å². The van der Waals surface area contributed by atoms with Crippen LogP contribution in [0.25, 0.3) is 0 Å². The van der Waals surface area contributed by atoms with Crippen molar-refractivity contribution in [3.8, 4) is 0 Å². The standard InChI is InChI=1S/C24H27N3O5/c1-16-22(29)27-20(15-18-10-6-3-7-11-18)24(31)32-13-12-21(28)26-19(23(30)25-16)14-17-8-4-2-5-9-17/h2-11,16,19-20H,12-15H2,1H3,(H,25,30)(H,26,28)(H,27,29)/t16-,19-,20-/m1/s1. The largest absolute Gasteiger partial charge is 0.464 e. The zero-order valence-electron chi connectivity index (χ0n) is 17.9. The number of nitrogens with one attached hydrogen (secondary N) is 3. The Morgan fingerprint density at radius 1 is 0.750 bits per heavy atom. The zero-order chi connectivity index (χ0) is 22.9. The van der Waals surface area contributed by atoms with Crippen molar-refractivity contribution in [2.24, 2.45) is 0 Å². The molecule has 32 heavy (non-hydrogen) atoms. The molecule has 1 heterocycles. The number of rotatable bonds is 4. The van der Waals surface area contributed by atoms with Gasteiger partial charge >= 0.3 is 5.97 Å². The van der Waals surface area contributed by atoms with E-state index >= 15 is 0 Å². The van der Waals surface area contributed by atoms with E-state index in [0.717, 1.165) is 11.1 Å². The number of hydrogen-bond donors (Lipinski definition) is 3. The van der Waals surface area contributed by atoms with Crippen molar-refractivity contribution in [3.63, 3.8) is 0 Å². The van der Waals surface area contributed by atoms with Gasteiger partial charge in [0.15, 0.2) is 0 Å². The van der Waals surface area contributed by atoms with Crippen LogP contribution in [0.1, 0.15) is 24.5 Å². The number of carbonyl (C=O) groups is 4. The van der Waals surface area contributed by atoms with Gasteiger partial charge in [0.2, 0.25) is 17.7 Å². The molecule has 0 bridgehead atoms. The van der Waals surface area contributed by atoms with Gasteiger partial charge in [0.25, 0.3) is 0 Å². The number of amides is 3. The van der Waals surface area contributed by atoms with Crippen molar-refractivity contribution in [1.29, 1.82) is 0 Å². The molecule has 0 saturated carbocycles. The van der Waals surface area contributed by atoms with Crippen LogP contribution in [0.2, 0.25) is 0 Å². The number of ether oxygens (including phenoxy) is 1. The minimum Gasteiger partial charge on any atom is -0.464 e. The highest BCUT2D eigenvalue weighted by Crippen LogP contribution is 2.08. The second kappa shape index (κ2) is 11.1. The first-order valence-corrected chi connectivity index (χ1v) is 10.6. The fourth-order valence-corrected chi connectivity index (χ4v) is 3.39. The van der Waals surface area contributed by atoms with Gasteiger partial charge in [-0.2, -0.15) is 0 Å². The molecule has 8 nitrogen and oxygen atoms in total. The minimum atomic E-state index is -0.937. The Bertz CT molecular complexity index is 949. The summed E-state index contributed by atoms with van der Waals surface area (Å²) in [6, 6.07) is 15.7. The van der Waals surface area contributed by atoms with Crippen LogP contribution in [0.5, 0.6) is 0 Å². The molecule has 1 fully saturated rings. The lowest BCUT2D eigenvalue weighted by molar-refractivity contribution is -0.148. The van der Waals surface area contributed by atoms with Crippen LogP contribution in [0.15, 0.2) is 60.7 Å². The minimum absolute atomic E-state index is 0.0914. The number of cyclic esters (lactones) is 1. The van der Waals surface area contributed by atoms with E-state index < -0.39 is 41.8 Å². The van der Waals surface area contributed by atoms with E-state index in [-0.39, 0.29) is 25.9 Å². The smallest absolute Gasteiger partial charge is 0.328 e. The molecular formula is C24H27N3O5. The molecule has 3 atom stereocenters. The van der Waals surface area contributed by atoms with E-state index in [0.29, 0.717) is 0 Å². The number of carbonyl (C=O) groups excluding carboxylic acids is 4. The highest BCUT2D eigenvalue weighted by molar-refractivity contribution is 5.93. The Hall–Kier alpha value is -3.68. The first kappa shape index (κ1) is 23.0. The summed E-state index contributed by atoms with van der Waals surface area (Å²) in [5.41, 5.74) is 1.71. The van der Waals surface area contributed by atoms with Crippen LogP contribution < -0.4 is 16.0 Å². The molecule has 0 radical (unpaired) electrons. The second-order valence-corrected chi connectivity index (χ2v) is 7.71. The van der Waals surface area contributed by atoms with Gasteiger partial charge in [-0.15, -0.1) is 0 Å². The summed E-state index contributed by atoms with van der Waals surface area (Å²) in [6.45, 7) is 1.38. The molecule has 0 aromatic heterocycles. The van der Waals surface area contributed by atoms with E-state index in [9.17, 15) is 19.2 Å². The lowest BCUT2D eigenvalue weighted by atomic mass is 10.0. The summed E-state index contributed by atoms with van der Waals surface area (Å²) in [4.78, 5) is 50.6. The van der Waals surface area contributed by atoms with Gasteiger partial charge in [0.1, 0.15) is 24.7 Å². The quantitative estimate of drug-likeness (QED) is 0.615. The Labute approximate surface area is 186 Å². The molecule has 8 heteroatoms. The van der Waals surface area contributed by atoms with Gasteiger partial charge < -0.3 is 20.7 Å². The van der Waals surface area contributed by atoms with Crippen LogP contribution in [-0.2, 0) is 36.8 Å². The van der Waals surface area contributed by atoms with E-state index in [1.54, 1.807) is 0 Å². The molecule has 0 spiro atoms. The second-order valence-electron chi connectivity index (χ2n) is 7.71. The number of esters is 1. The molecule has 3 amide bonds. The summed E-state index contributed by atoms with van der Waals surface area (Å²) in [6.07, 6.45) is 0.407. The average Bonchev–Trinajstić information content (AvgIpc) is 2.79. The molecule has 3 N–H and O–H groups in total. The van der Waals surface area contributed by atoms with Crippen molar-refractivity contribution < 1.29 is 23.9 Å². The predicted octanol–water partition coefficient (Wildman–Crippen LogP) is 0.893. The highest BCUT2D eigenvalue weighted by atomic mass is 16.5. The van der Waals surface area contributed by atoms with Gasteiger partial charge in [-0.25, -0.2) is 4.79 Å². The molecule has 2 aromatic rings. The molecule has 1 aliphatic heterocycles. The molecule has 2 aromatic carbocycles. The van der Waals surface area contributed by atoms with Crippen molar-refractivity contribution in [3.05, 3.63) is 71.8 Å². The maximum absolute atomic E-state index is 12.9. The van der Waals surface area contributed by atoms with Crippen LogP contribution in [0.3, 0.4) is 0 Å². The van der Waals surface area contributed by atoms with Crippen LogP contribution in [0.4, 0.5) is 0 Å². The molecule has 1 saturated heterocycles. The third-order valence-corrected chi connectivity index (χ3v) is 5.14. The third kappa shape index (κ3) is 6.66. The average molecular weight is 437 g/mol. The van der Waals surface area contributed by atoms with Crippen LogP contribution in [0, 0.1) is 0 Å². The zero-order valence-corrected chi connectivity index (χ0v) is 17.9. The molecule has 1 aliphatic rings. The van der Waals surface area contributed by atoms with Gasteiger partial charge in [0, 0.05) is 12.8 Å². The topological polar surface area (TPSA) is 114 Å². The first-order valence-electron chi connectivity index (χ1n) is 10.6. The lowest BCUT2D eigenvalue weighted by Crippen LogP contribution is -2.55. The van der Waals surface area contributed by atoms with Crippen LogP contribution in [-0.4, -0.2) is 48.4 Å². The normalized spacial score (nSPS) is 22.8. The fraction of sp³-hybridized carbons (Fsp3) is 0.333.